The predicted molar refractivity (Wildman–Crippen MR) is 96.5 cm³/mol. The number of nitrogens with two attached hydrogens (primary N) is 1. The van der Waals surface area contributed by atoms with E-state index in [9.17, 15) is 4.79 Å². The van der Waals surface area contributed by atoms with Crippen LogP contribution in [0.15, 0.2) is 35.2 Å². The number of hydrogen-bond donors (Lipinski definition) is 1. The van der Waals surface area contributed by atoms with Gasteiger partial charge in [0.05, 0.1) is 5.25 Å². The molecule has 1 amide bonds. The molecule has 0 aliphatic carbocycles. The van der Waals surface area contributed by atoms with E-state index in [0.717, 1.165) is 24.4 Å². The highest BCUT2D eigenvalue weighted by atomic mass is 35.5. The molecule has 2 unspecified atom stereocenters. The van der Waals surface area contributed by atoms with Crippen LogP contribution in [0.5, 0.6) is 0 Å². The fraction of sp³-hybridized carbons (Fsp3) is 0.588. The molecule has 0 spiro atoms. The number of nitrogens with zero attached hydrogens (tertiary/aromatic N) is 1. The van der Waals surface area contributed by atoms with Crippen molar-refractivity contribution in [2.24, 2.45) is 17.1 Å². The highest BCUT2D eigenvalue weighted by molar-refractivity contribution is 8.00. The quantitative estimate of drug-likeness (QED) is 0.834. The molecule has 2 N–H and O–H groups in total. The summed E-state index contributed by atoms with van der Waals surface area (Å²) in [7, 11) is 0. The minimum Gasteiger partial charge on any atom is -0.341 e. The minimum absolute atomic E-state index is 0. The summed E-state index contributed by atoms with van der Waals surface area (Å²) >= 11 is 1.68. The lowest BCUT2D eigenvalue weighted by molar-refractivity contribution is -0.130. The summed E-state index contributed by atoms with van der Waals surface area (Å²) in [6.07, 6.45) is 1.01. The first-order valence-electron chi connectivity index (χ1n) is 7.66. The Labute approximate surface area is 144 Å². The Bertz CT molecular complexity index is 483. The second kappa shape index (κ2) is 8.23. The Balaban J connectivity index is 0.00000242. The van der Waals surface area contributed by atoms with E-state index in [1.54, 1.807) is 11.8 Å². The van der Waals surface area contributed by atoms with Gasteiger partial charge in [-0.15, -0.1) is 24.2 Å². The van der Waals surface area contributed by atoms with E-state index in [1.165, 1.54) is 0 Å². The van der Waals surface area contributed by atoms with Crippen LogP contribution in [0.25, 0.3) is 0 Å². The van der Waals surface area contributed by atoms with Crippen molar-refractivity contribution in [2.75, 3.05) is 19.6 Å². The SMILES string of the molecule is CC(C)C(Sc1ccccc1)C(=O)N1CCC(C)(CN)C1.Cl. The maximum Gasteiger partial charge on any atom is 0.236 e. The number of benzene rings is 1. The average molecular weight is 343 g/mol. The lowest BCUT2D eigenvalue weighted by Crippen LogP contribution is -2.40. The molecule has 124 valence electrons. The van der Waals surface area contributed by atoms with Crippen LogP contribution in [-0.2, 0) is 4.79 Å². The van der Waals surface area contributed by atoms with Gasteiger partial charge in [-0.3, -0.25) is 4.79 Å². The highest BCUT2D eigenvalue weighted by Gasteiger charge is 2.38. The van der Waals surface area contributed by atoms with Gasteiger partial charge in [0.1, 0.15) is 0 Å². The Kier molecular flexibility index (Phi) is 7.23. The zero-order valence-corrected chi connectivity index (χ0v) is 15.3. The lowest BCUT2D eigenvalue weighted by atomic mass is 9.90. The van der Waals surface area contributed by atoms with Crippen LogP contribution in [-0.4, -0.2) is 35.7 Å². The molecule has 1 aliphatic rings. The summed E-state index contributed by atoms with van der Waals surface area (Å²) in [5.41, 5.74) is 5.94. The average Bonchev–Trinajstić information content (AvgIpc) is 2.88. The number of carbonyl (C=O) groups is 1. The molecule has 1 aromatic rings. The van der Waals surface area contributed by atoms with Crippen LogP contribution in [0.2, 0.25) is 0 Å². The fourth-order valence-electron chi connectivity index (χ4n) is 2.68. The van der Waals surface area contributed by atoms with Crippen LogP contribution in [0.4, 0.5) is 0 Å². The molecule has 1 heterocycles. The highest BCUT2D eigenvalue weighted by Crippen LogP contribution is 2.34. The Morgan fingerprint density at radius 1 is 1.36 bits per heavy atom. The summed E-state index contributed by atoms with van der Waals surface area (Å²) in [6, 6.07) is 10.2. The molecule has 0 radical (unpaired) electrons. The molecule has 2 rings (SSSR count). The van der Waals surface area contributed by atoms with E-state index in [-0.39, 0.29) is 29.0 Å². The summed E-state index contributed by atoms with van der Waals surface area (Å²) in [5.74, 6) is 0.573. The normalized spacial score (nSPS) is 22.5. The Morgan fingerprint density at radius 3 is 2.50 bits per heavy atom. The minimum atomic E-state index is -0.0208. The standard InChI is InChI=1S/C17H26N2OS.ClH/c1-13(2)15(21-14-7-5-4-6-8-14)16(20)19-10-9-17(3,11-18)12-19;/h4-8,13,15H,9-12,18H2,1-3H3;1H. The van der Waals surface area contributed by atoms with Crippen LogP contribution in [0.3, 0.4) is 0 Å². The van der Waals surface area contributed by atoms with Crippen LogP contribution >= 0.6 is 24.2 Å². The van der Waals surface area contributed by atoms with E-state index < -0.39 is 0 Å². The molecule has 0 aromatic heterocycles. The summed E-state index contributed by atoms with van der Waals surface area (Å²) in [5, 5.41) is -0.0208. The number of halogens is 1. The summed E-state index contributed by atoms with van der Waals surface area (Å²) in [6.45, 7) is 8.70. The second-order valence-electron chi connectivity index (χ2n) is 6.62. The molecule has 2 atom stereocenters. The van der Waals surface area contributed by atoms with Gasteiger partial charge in [-0.25, -0.2) is 0 Å². The van der Waals surface area contributed by atoms with Crippen LogP contribution < -0.4 is 5.73 Å². The van der Waals surface area contributed by atoms with Crippen molar-refractivity contribution in [2.45, 2.75) is 37.3 Å². The molecule has 1 aromatic carbocycles. The maximum atomic E-state index is 12.9. The van der Waals surface area contributed by atoms with E-state index >= 15 is 0 Å². The van der Waals surface area contributed by atoms with E-state index in [0.29, 0.717) is 12.5 Å². The number of hydrogen-bond acceptors (Lipinski definition) is 3. The van der Waals surface area contributed by atoms with E-state index in [1.807, 2.05) is 23.1 Å². The first-order chi connectivity index (χ1) is 9.95. The fourth-order valence-corrected chi connectivity index (χ4v) is 3.81. The monoisotopic (exact) mass is 342 g/mol. The number of carbonyl (C=O) groups excluding carboxylic acids is 1. The Hall–Kier alpha value is -0.710. The van der Waals surface area contributed by atoms with Gasteiger partial charge in [-0.1, -0.05) is 39.0 Å². The molecule has 0 saturated carbocycles. The molecule has 5 heteroatoms. The molecular weight excluding hydrogens is 316 g/mol. The van der Waals surface area contributed by atoms with Gasteiger partial charge in [0, 0.05) is 18.0 Å². The number of rotatable bonds is 5. The van der Waals surface area contributed by atoms with Crippen molar-refractivity contribution in [3.63, 3.8) is 0 Å². The third kappa shape index (κ3) is 4.64. The first-order valence-corrected chi connectivity index (χ1v) is 8.54. The zero-order valence-electron chi connectivity index (χ0n) is 13.6. The van der Waals surface area contributed by atoms with Gasteiger partial charge in [-0.05, 0) is 36.4 Å². The van der Waals surface area contributed by atoms with Crippen molar-refractivity contribution in [3.05, 3.63) is 30.3 Å². The van der Waals surface area contributed by atoms with Crippen molar-refractivity contribution < 1.29 is 4.79 Å². The van der Waals surface area contributed by atoms with Crippen molar-refractivity contribution >= 4 is 30.1 Å². The van der Waals surface area contributed by atoms with Gasteiger partial charge < -0.3 is 10.6 Å². The van der Waals surface area contributed by atoms with Gasteiger partial charge >= 0.3 is 0 Å². The molecule has 0 bridgehead atoms. The van der Waals surface area contributed by atoms with Crippen molar-refractivity contribution in [1.82, 2.24) is 4.90 Å². The lowest BCUT2D eigenvalue weighted by Gasteiger charge is -2.27. The van der Waals surface area contributed by atoms with Gasteiger partial charge in [0.15, 0.2) is 0 Å². The maximum absolute atomic E-state index is 12.9. The summed E-state index contributed by atoms with van der Waals surface area (Å²) < 4.78 is 0. The molecular formula is C17H27ClN2OS. The van der Waals surface area contributed by atoms with E-state index in [4.69, 9.17) is 5.73 Å². The van der Waals surface area contributed by atoms with Crippen LogP contribution in [0.1, 0.15) is 27.2 Å². The molecule has 1 saturated heterocycles. The van der Waals surface area contributed by atoms with Crippen molar-refractivity contribution in [1.29, 1.82) is 0 Å². The number of thioether (sulfide) groups is 1. The van der Waals surface area contributed by atoms with Crippen LogP contribution in [0, 0.1) is 11.3 Å². The topological polar surface area (TPSA) is 46.3 Å². The van der Waals surface area contributed by atoms with E-state index in [2.05, 4.69) is 32.9 Å². The molecule has 3 nitrogen and oxygen atoms in total. The smallest absolute Gasteiger partial charge is 0.236 e. The third-order valence-electron chi connectivity index (χ3n) is 4.22. The molecule has 22 heavy (non-hydrogen) atoms. The van der Waals surface area contributed by atoms with Crippen molar-refractivity contribution in [3.8, 4) is 0 Å². The Morgan fingerprint density at radius 2 is 2.00 bits per heavy atom. The summed E-state index contributed by atoms with van der Waals surface area (Å²) in [4.78, 5) is 16.0. The van der Waals surface area contributed by atoms with Gasteiger partial charge in [0.25, 0.3) is 0 Å². The number of amides is 1. The largest absolute Gasteiger partial charge is 0.341 e. The second-order valence-corrected chi connectivity index (χ2v) is 7.84. The zero-order chi connectivity index (χ0) is 15.5. The molecule has 1 fully saturated rings. The van der Waals surface area contributed by atoms with Gasteiger partial charge in [0.2, 0.25) is 5.91 Å². The third-order valence-corrected chi connectivity index (χ3v) is 5.76. The van der Waals surface area contributed by atoms with Gasteiger partial charge in [-0.2, -0.15) is 0 Å². The molecule has 1 aliphatic heterocycles. The first kappa shape index (κ1) is 19.3. The number of likely N-dealkylation sites (tertiary alicyclic amines) is 1. The predicted octanol–water partition coefficient (Wildman–Crippen LogP) is 3.42.